The fourth-order valence-corrected chi connectivity index (χ4v) is 4.44. The Bertz CT molecular complexity index is 1310. The van der Waals surface area contributed by atoms with E-state index in [9.17, 15) is 14.7 Å². The SMILES string of the molecule is COc1ccc(C2/C(=C(/O)c3cccc(Cl)c3)C(=O)C(=O)N2c2ccc(C(C)C)cc2)cc1OC. The number of hydrogen-bond acceptors (Lipinski definition) is 5. The van der Waals surface area contributed by atoms with Crippen LogP contribution >= 0.6 is 11.6 Å². The van der Waals surface area contributed by atoms with E-state index in [1.54, 1.807) is 42.5 Å². The molecule has 1 aliphatic rings. The lowest BCUT2D eigenvalue weighted by Gasteiger charge is -2.26. The van der Waals surface area contributed by atoms with Crippen molar-refractivity contribution in [2.45, 2.75) is 25.8 Å². The van der Waals surface area contributed by atoms with Crippen LogP contribution in [-0.4, -0.2) is 31.0 Å². The van der Waals surface area contributed by atoms with Gasteiger partial charge < -0.3 is 14.6 Å². The zero-order chi connectivity index (χ0) is 25.3. The topological polar surface area (TPSA) is 76.1 Å². The third-order valence-electron chi connectivity index (χ3n) is 6.10. The van der Waals surface area contributed by atoms with E-state index >= 15 is 0 Å². The van der Waals surface area contributed by atoms with E-state index < -0.39 is 17.7 Å². The summed E-state index contributed by atoms with van der Waals surface area (Å²) in [5.74, 6) is -0.561. The van der Waals surface area contributed by atoms with Gasteiger partial charge in [-0.3, -0.25) is 14.5 Å². The number of ketones is 1. The summed E-state index contributed by atoms with van der Waals surface area (Å²) < 4.78 is 10.8. The number of carbonyl (C=O) groups excluding carboxylic acids is 2. The lowest BCUT2D eigenvalue weighted by atomic mass is 9.94. The van der Waals surface area contributed by atoms with Gasteiger partial charge in [-0.1, -0.05) is 55.8 Å². The van der Waals surface area contributed by atoms with Crippen molar-refractivity contribution in [1.82, 2.24) is 0 Å². The fourth-order valence-electron chi connectivity index (χ4n) is 4.25. The van der Waals surface area contributed by atoms with E-state index in [1.165, 1.54) is 19.1 Å². The molecule has 0 aliphatic carbocycles. The number of anilines is 1. The largest absolute Gasteiger partial charge is 0.507 e. The first-order chi connectivity index (χ1) is 16.8. The Morgan fingerprint density at radius 1 is 0.943 bits per heavy atom. The molecule has 1 unspecified atom stereocenters. The van der Waals surface area contributed by atoms with Crippen LogP contribution in [0.5, 0.6) is 11.5 Å². The van der Waals surface area contributed by atoms with Crippen LogP contribution in [0.15, 0.2) is 72.3 Å². The number of ether oxygens (including phenoxy) is 2. The van der Waals surface area contributed by atoms with Crippen molar-refractivity contribution in [1.29, 1.82) is 0 Å². The standard InChI is InChI=1S/C28H26ClNO5/c1-16(2)17-8-11-21(12-9-17)30-25(18-10-13-22(34-3)23(15-18)35-4)24(27(32)28(30)33)26(31)19-6-5-7-20(29)14-19/h5-16,25,31H,1-4H3/b26-24-. The van der Waals surface area contributed by atoms with E-state index in [0.29, 0.717) is 39.3 Å². The maximum atomic E-state index is 13.3. The third kappa shape index (κ3) is 4.49. The summed E-state index contributed by atoms with van der Waals surface area (Å²) in [7, 11) is 3.04. The number of benzene rings is 3. The molecule has 1 fully saturated rings. The highest BCUT2D eigenvalue weighted by Crippen LogP contribution is 2.44. The molecule has 0 saturated carbocycles. The molecule has 3 aromatic carbocycles. The lowest BCUT2D eigenvalue weighted by Crippen LogP contribution is -2.29. The van der Waals surface area contributed by atoms with Crippen LogP contribution in [0.25, 0.3) is 5.76 Å². The summed E-state index contributed by atoms with van der Waals surface area (Å²) in [5.41, 5.74) is 2.54. The Kier molecular flexibility index (Phi) is 6.85. The normalized spacial score (nSPS) is 17.2. The third-order valence-corrected chi connectivity index (χ3v) is 6.34. The van der Waals surface area contributed by atoms with Gasteiger partial charge in [-0.15, -0.1) is 0 Å². The Balaban J connectivity index is 1.95. The molecule has 0 aromatic heterocycles. The van der Waals surface area contributed by atoms with E-state index in [2.05, 4.69) is 13.8 Å². The number of carbonyl (C=O) groups is 2. The molecule has 1 heterocycles. The van der Waals surface area contributed by atoms with Crippen LogP contribution in [0.2, 0.25) is 5.02 Å². The van der Waals surface area contributed by atoms with Crippen LogP contribution in [0, 0.1) is 0 Å². The number of amides is 1. The van der Waals surface area contributed by atoms with Gasteiger partial charge in [0, 0.05) is 16.3 Å². The van der Waals surface area contributed by atoms with Crippen LogP contribution in [0.3, 0.4) is 0 Å². The first-order valence-electron chi connectivity index (χ1n) is 11.2. The molecule has 1 amide bonds. The number of rotatable bonds is 6. The Morgan fingerprint density at radius 2 is 1.63 bits per heavy atom. The van der Waals surface area contributed by atoms with Crippen LogP contribution in [0.4, 0.5) is 5.69 Å². The number of nitrogens with zero attached hydrogens (tertiary/aromatic N) is 1. The summed E-state index contributed by atoms with van der Waals surface area (Å²) >= 11 is 6.13. The molecular weight excluding hydrogens is 466 g/mol. The maximum Gasteiger partial charge on any atom is 0.300 e. The predicted octanol–water partition coefficient (Wildman–Crippen LogP) is 6.11. The highest BCUT2D eigenvalue weighted by molar-refractivity contribution is 6.51. The van der Waals surface area contributed by atoms with Gasteiger partial charge in [-0.25, -0.2) is 0 Å². The second-order valence-corrected chi connectivity index (χ2v) is 8.98. The summed E-state index contributed by atoms with van der Waals surface area (Å²) in [6.45, 7) is 4.16. The summed E-state index contributed by atoms with van der Waals surface area (Å²) in [6, 6.07) is 18.3. The molecule has 180 valence electrons. The summed E-state index contributed by atoms with van der Waals surface area (Å²) in [6.07, 6.45) is 0. The molecule has 1 saturated heterocycles. The molecule has 7 heteroatoms. The Labute approximate surface area is 209 Å². The minimum atomic E-state index is -0.890. The van der Waals surface area contributed by atoms with E-state index in [0.717, 1.165) is 5.56 Å². The molecule has 1 aliphatic heterocycles. The molecule has 1 atom stereocenters. The number of aliphatic hydroxyl groups is 1. The Hall–Kier alpha value is -3.77. The second-order valence-electron chi connectivity index (χ2n) is 8.54. The fraction of sp³-hybridized carbons (Fsp3) is 0.214. The highest BCUT2D eigenvalue weighted by atomic mass is 35.5. The average Bonchev–Trinajstić information content (AvgIpc) is 3.13. The van der Waals surface area contributed by atoms with Crippen LogP contribution < -0.4 is 14.4 Å². The maximum absolute atomic E-state index is 13.3. The zero-order valence-corrected chi connectivity index (χ0v) is 20.7. The van der Waals surface area contributed by atoms with Crippen molar-refractivity contribution in [3.8, 4) is 11.5 Å². The quantitative estimate of drug-likeness (QED) is 0.256. The van der Waals surface area contributed by atoms with Crippen molar-refractivity contribution >= 4 is 34.7 Å². The lowest BCUT2D eigenvalue weighted by molar-refractivity contribution is -0.132. The van der Waals surface area contributed by atoms with Crippen molar-refractivity contribution in [2.24, 2.45) is 0 Å². The number of aliphatic hydroxyl groups excluding tert-OH is 1. The highest BCUT2D eigenvalue weighted by Gasteiger charge is 2.47. The Morgan fingerprint density at radius 3 is 2.23 bits per heavy atom. The van der Waals surface area contributed by atoms with Gasteiger partial charge >= 0.3 is 0 Å². The number of methoxy groups -OCH3 is 2. The average molecular weight is 492 g/mol. The van der Waals surface area contributed by atoms with Gasteiger partial charge in [0.05, 0.1) is 25.8 Å². The monoisotopic (exact) mass is 491 g/mol. The van der Waals surface area contributed by atoms with Gasteiger partial charge in [0.15, 0.2) is 11.5 Å². The number of Topliss-reactive ketones (excluding diaryl/α,β-unsaturated/α-hetero) is 1. The van der Waals surface area contributed by atoms with Gasteiger partial charge in [-0.2, -0.15) is 0 Å². The van der Waals surface area contributed by atoms with Crippen molar-refractivity contribution in [2.75, 3.05) is 19.1 Å². The molecule has 1 N–H and O–H groups in total. The minimum absolute atomic E-state index is 0.0302. The van der Waals surface area contributed by atoms with Crippen molar-refractivity contribution < 1.29 is 24.2 Å². The second kappa shape index (κ2) is 9.84. The van der Waals surface area contributed by atoms with E-state index in [1.807, 2.05) is 24.3 Å². The smallest absolute Gasteiger partial charge is 0.300 e. The molecular formula is C28H26ClNO5. The van der Waals surface area contributed by atoms with Crippen molar-refractivity contribution in [3.63, 3.8) is 0 Å². The molecule has 4 rings (SSSR count). The first kappa shape index (κ1) is 24.4. The van der Waals surface area contributed by atoms with Gasteiger partial charge in [0.2, 0.25) is 0 Å². The molecule has 0 radical (unpaired) electrons. The van der Waals surface area contributed by atoms with Crippen molar-refractivity contribution in [3.05, 3.63) is 94.0 Å². The van der Waals surface area contributed by atoms with E-state index in [4.69, 9.17) is 21.1 Å². The predicted molar refractivity (Wildman–Crippen MR) is 136 cm³/mol. The molecule has 3 aromatic rings. The molecule has 6 nitrogen and oxygen atoms in total. The molecule has 0 spiro atoms. The zero-order valence-electron chi connectivity index (χ0n) is 19.9. The van der Waals surface area contributed by atoms with Crippen LogP contribution in [0.1, 0.15) is 42.5 Å². The molecule has 35 heavy (non-hydrogen) atoms. The van der Waals surface area contributed by atoms with Gasteiger partial charge in [0.1, 0.15) is 5.76 Å². The summed E-state index contributed by atoms with van der Waals surface area (Å²) in [5, 5.41) is 11.6. The van der Waals surface area contributed by atoms with Crippen LogP contribution in [-0.2, 0) is 9.59 Å². The first-order valence-corrected chi connectivity index (χ1v) is 11.5. The van der Waals surface area contributed by atoms with Gasteiger partial charge in [0.25, 0.3) is 11.7 Å². The summed E-state index contributed by atoms with van der Waals surface area (Å²) in [4.78, 5) is 28.1. The number of halogens is 1. The van der Waals surface area contributed by atoms with Gasteiger partial charge in [-0.05, 0) is 53.4 Å². The molecule has 0 bridgehead atoms. The minimum Gasteiger partial charge on any atom is -0.507 e. The number of hydrogen-bond donors (Lipinski definition) is 1. The van der Waals surface area contributed by atoms with E-state index in [-0.39, 0.29) is 11.3 Å².